The Hall–Kier alpha value is -4.86. The number of H-pyrrole nitrogens is 1. The van der Waals surface area contributed by atoms with Crippen LogP contribution < -0.4 is 19.1 Å². The van der Waals surface area contributed by atoms with Gasteiger partial charge < -0.3 is 14.6 Å². The zero-order valence-electron chi connectivity index (χ0n) is 24.4. The van der Waals surface area contributed by atoms with E-state index in [0.29, 0.717) is 12.1 Å². The molecule has 0 atom stereocenters. The molecule has 0 aliphatic heterocycles. The molecule has 220 valence electrons. The number of nitrogens with one attached hydrogen (secondary N) is 3. The third-order valence-corrected chi connectivity index (χ3v) is 7.99. The molecule has 0 unspecified atom stereocenters. The first kappa shape index (κ1) is 29.6. The van der Waals surface area contributed by atoms with Crippen molar-refractivity contribution in [2.75, 3.05) is 37.4 Å². The van der Waals surface area contributed by atoms with E-state index >= 15 is 0 Å². The maximum absolute atomic E-state index is 12.8. The Labute approximate surface area is 253 Å². The van der Waals surface area contributed by atoms with E-state index < -0.39 is 10.2 Å². The predicted molar refractivity (Wildman–Crippen MR) is 176 cm³/mol. The molecule has 0 saturated heterocycles. The molecule has 43 heavy (non-hydrogen) atoms. The Morgan fingerprint density at radius 3 is 2.05 bits per heavy atom. The lowest BCUT2D eigenvalue weighted by Gasteiger charge is -2.11. The van der Waals surface area contributed by atoms with Crippen molar-refractivity contribution in [2.24, 2.45) is 0 Å². The van der Waals surface area contributed by atoms with Crippen LogP contribution in [0.25, 0.3) is 34.8 Å². The lowest BCUT2D eigenvalue weighted by Crippen LogP contribution is -2.31. The SMILES string of the molecule is COc1ccc(-c2[nH]c(-c3ccccc3)nc2CCNS(=O)(=O)Nc2ccc(/C=C/c3ccc(N(C)C)cc3)cc2)cc1. The summed E-state index contributed by atoms with van der Waals surface area (Å²) in [6.45, 7) is 0.172. The summed E-state index contributed by atoms with van der Waals surface area (Å²) < 4.78 is 36.2. The van der Waals surface area contributed by atoms with Crippen LogP contribution in [0.5, 0.6) is 5.75 Å². The van der Waals surface area contributed by atoms with Crippen molar-refractivity contribution in [1.29, 1.82) is 0 Å². The molecule has 1 heterocycles. The van der Waals surface area contributed by atoms with E-state index in [1.54, 1.807) is 19.2 Å². The summed E-state index contributed by atoms with van der Waals surface area (Å²) in [7, 11) is 1.86. The largest absolute Gasteiger partial charge is 0.497 e. The van der Waals surface area contributed by atoms with Gasteiger partial charge in [-0.2, -0.15) is 13.1 Å². The lowest BCUT2D eigenvalue weighted by atomic mass is 10.1. The van der Waals surface area contributed by atoms with Crippen molar-refractivity contribution in [1.82, 2.24) is 14.7 Å². The molecule has 0 saturated carbocycles. The first-order valence-corrected chi connectivity index (χ1v) is 15.4. The Morgan fingerprint density at radius 1 is 0.814 bits per heavy atom. The minimum Gasteiger partial charge on any atom is -0.497 e. The summed E-state index contributed by atoms with van der Waals surface area (Å²) in [5, 5.41) is 0. The molecule has 3 N–H and O–H groups in total. The minimum atomic E-state index is -3.79. The first-order valence-electron chi connectivity index (χ1n) is 13.9. The van der Waals surface area contributed by atoms with Crippen molar-refractivity contribution >= 4 is 33.7 Å². The van der Waals surface area contributed by atoms with Gasteiger partial charge in [-0.25, -0.2) is 4.98 Å². The summed E-state index contributed by atoms with van der Waals surface area (Å²) in [5.74, 6) is 1.48. The van der Waals surface area contributed by atoms with Crippen molar-refractivity contribution in [2.45, 2.75) is 6.42 Å². The second-order valence-electron chi connectivity index (χ2n) is 10.2. The number of nitrogens with zero attached hydrogens (tertiary/aromatic N) is 2. The van der Waals surface area contributed by atoms with Crippen LogP contribution in [0, 0.1) is 0 Å². The number of ether oxygens (including phenoxy) is 1. The third-order valence-electron chi connectivity index (χ3n) is 6.90. The second kappa shape index (κ2) is 13.4. The Morgan fingerprint density at radius 2 is 1.44 bits per heavy atom. The van der Waals surface area contributed by atoms with Crippen LogP contribution in [0.15, 0.2) is 103 Å². The summed E-state index contributed by atoms with van der Waals surface area (Å²) in [6, 6.07) is 33.0. The van der Waals surface area contributed by atoms with Gasteiger partial charge in [0.15, 0.2) is 0 Å². The average Bonchev–Trinajstić information content (AvgIpc) is 3.45. The molecule has 5 aromatic rings. The van der Waals surface area contributed by atoms with Gasteiger partial charge in [-0.1, -0.05) is 66.7 Å². The molecular formula is C34H35N5O3S. The Bertz CT molecular complexity index is 1760. The van der Waals surface area contributed by atoms with Gasteiger partial charge in [-0.15, -0.1) is 0 Å². The van der Waals surface area contributed by atoms with Crippen molar-refractivity contribution in [3.05, 3.63) is 120 Å². The quantitative estimate of drug-likeness (QED) is 0.144. The molecular weight excluding hydrogens is 558 g/mol. The molecule has 1 aromatic heterocycles. The van der Waals surface area contributed by atoms with Crippen molar-refractivity contribution < 1.29 is 13.2 Å². The predicted octanol–water partition coefficient (Wildman–Crippen LogP) is 6.48. The maximum Gasteiger partial charge on any atom is 0.299 e. The minimum absolute atomic E-state index is 0.172. The normalized spacial score (nSPS) is 11.5. The zero-order valence-corrected chi connectivity index (χ0v) is 25.2. The molecule has 0 radical (unpaired) electrons. The van der Waals surface area contributed by atoms with E-state index in [2.05, 4.69) is 43.6 Å². The lowest BCUT2D eigenvalue weighted by molar-refractivity contribution is 0.415. The molecule has 0 aliphatic rings. The molecule has 0 aliphatic carbocycles. The fourth-order valence-corrected chi connectivity index (χ4v) is 5.44. The molecule has 0 spiro atoms. The fourth-order valence-electron chi connectivity index (χ4n) is 4.55. The highest BCUT2D eigenvalue weighted by Crippen LogP contribution is 2.28. The highest BCUT2D eigenvalue weighted by molar-refractivity contribution is 7.90. The van der Waals surface area contributed by atoms with Crippen LogP contribution >= 0.6 is 0 Å². The number of benzene rings is 4. The Balaban J connectivity index is 1.22. The van der Waals surface area contributed by atoms with Gasteiger partial charge in [-0.3, -0.25) is 4.72 Å². The van der Waals surface area contributed by atoms with Crippen LogP contribution in [-0.4, -0.2) is 46.1 Å². The van der Waals surface area contributed by atoms with Crippen LogP contribution in [0.1, 0.15) is 16.8 Å². The molecule has 5 rings (SSSR count). The molecule has 4 aromatic carbocycles. The van der Waals surface area contributed by atoms with Crippen molar-refractivity contribution in [3.8, 4) is 28.4 Å². The molecule has 0 fully saturated rings. The zero-order chi connectivity index (χ0) is 30.2. The topological polar surface area (TPSA) is 99.3 Å². The van der Waals surface area contributed by atoms with E-state index in [1.165, 1.54) is 0 Å². The van der Waals surface area contributed by atoms with Gasteiger partial charge in [0.1, 0.15) is 11.6 Å². The van der Waals surface area contributed by atoms with Crippen LogP contribution in [0.4, 0.5) is 11.4 Å². The number of aromatic nitrogens is 2. The van der Waals surface area contributed by atoms with Gasteiger partial charge >= 0.3 is 0 Å². The maximum atomic E-state index is 12.8. The molecule has 9 heteroatoms. The number of methoxy groups -OCH3 is 1. The van der Waals surface area contributed by atoms with Gasteiger partial charge in [0.25, 0.3) is 10.2 Å². The fraction of sp³-hybridized carbons (Fsp3) is 0.147. The second-order valence-corrected chi connectivity index (χ2v) is 11.7. The van der Waals surface area contributed by atoms with Gasteiger partial charge in [0, 0.05) is 49.6 Å². The monoisotopic (exact) mass is 593 g/mol. The van der Waals surface area contributed by atoms with E-state index in [-0.39, 0.29) is 6.54 Å². The summed E-state index contributed by atoms with van der Waals surface area (Å²) in [4.78, 5) is 10.3. The van der Waals surface area contributed by atoms with Gasteiger partial charge in [0.05, 0.1) is 18.5 Å². The highest BCUT2D eigenvalue weighted by atomic mass is 32.2. The molecule has 8 nitrogen and oxygen atoms in total. The number of rotatable bonds is 12. The summed E-state index contributed by atoms with van der Waals surface area (Å²) >= 11 is 0. The van der Waals surface area contributed by atoms with Crippen LogP contribution in [-0.2, 0) is 16.6 Å². The number of anilines is 2. The first-order chi connectivity index (χ1) is 20.8. The smallest absolute Gasteiger partial charge is 0.299 e. The summed E-state index contributed by atoms with van der Waals surface area (Å²) in [5.41, 5.74) is 7.16. The number of hydrogen-bond acceptors (Lipinski definition) is 5. The highest BCUT2D eigenvalue weighted by Gasteiger charge is 2.16. The average molecular weight is 594 g/mol. The molecule has 0 bridgehead atoms. The van der Waals surface area contributed by atoms with Crippen molar-refractivity contribution in [3.63, 3.8) is 0 Å². The van der Waals surface area contributed by atoms with Crippen LogP contribution in [0.3, 0.4) is 0 Å². The standard InChI is InChI=1S/C34H35N5O3S/c1-39(2)30-19-13-26(14-20-30)10-9-25-11-17-29(18-12-25)38-43(40,41)35-24-23-32-33(27-15-21-31(42-3)22-16-27)37-34(36-32)28-7-5-4-6-8-28/h4-22,35,38H,23-24H2,1-3H3,(H,36,37)/b10-9+. The van der Waals surface area contributed by atoms with E-state index in [0.717, 1.165) is 50.9 Å². The van der Waals surface area contributed by atoms with Gasteiger partial charge in [-0.05, 0) is 59.7 Å². The third kappa shape index (κ3) is 7.91. The number of imidazole rings is 1. The van der Waals surface area contributed by atoms with Crippen LogP contribution in [0.2, 0.25) is 0 Å². The number of hydrogen-bond donors (Lipinski definition) is 3. The van der Waals surface area contributed by atoms with E-state index in [9.17, 15) is 8.42 Å². The molecule has 0 amide bonds. The Kier molecular flexibility index (Phi) is 9.24. The summed E-state index contributed by atoms with van der Waals surface area (Å²) in [6.07, 6.45) is 4.42. The van der Waals surface area contributed by atoms with Gasteiger partial charge in [0.2, 0.25) is 0 Å². The van der Waals surface area contributed by atoms with E-state index in [4.69, 9.17) is 9.72 Å². The number of aromatic amines is 1. The van der Waals surface area contributed by atoms with E-state index in [1.807, 2.05) is 93.0 Å².